The van der Waals surface area contributed by atoms with Gasteiger partial charge in [-0.05, 0) is 49.1 Å². The van der Waals surface area contributed by atoms with Gasteiger partial charge in [0, 0.05) is 18.9 Å². The van der Waals surface area contributed by atoms with E-state index in [0.29, 0.717) is 17.1 Å². The van der Waals surface area contributed by atoms with Crippen LogP contribution in [0.1, 0.15) is 99.3 Å². The average molecular weight is 525 g/mol. The van der Waals surface area contributed by atoms with E-state index in [1.54, 1.807) is 6.26 Å². The number of oxazole rings is 1. The molecule has 7 heteroatoms. The molecule has 5 rings (SSSR count). The minimum Gasteiger partial charge on any atom is -0.481 e. The van der Waals surface area contributed by atoms with Crippen LogP contribution in [0.4, 0.5) is 0 Å². The number of hydrogen-bond acceptors (Lipinski definition) is 5. The summed E-state index contributed by atoms with van der Waals surface area (Å²) >= 11 is 5.64. The Hall–Kier alpha value is -2.25. The van der Waals surface area contributed by atoms with Gasteiger partial charge in [0.05, 0.1) is 18.1 Å². The fourth-order valence-corrected chi connectivity index (χ4v) is 6.94. The molecule has 2 bridgehead atoms. The van der Waals surface area contributed by atoms with Crippen molar-refractivity contribution in [2.45, 2.75) is 102 Å². The number of rotatable bonds is 12. The van der Waals surface area contributed by atoms with Crippen molar-refractivity contribution in [2.75, 3.05) is 6.54 Å². The zero-order valence-electron chi connectivity index (χ0n) is 21.7. The minimum atomic E-state index is -0.767. The van der Waals surface area contributed by atoms with Crippen molar-refractivity contribution in [2.24, 2.45) is 11.8 Å². The summed E-state index contributed by atoms with van der Waals surface area (Å²) in [6.45, 7) is 0.876. The summed E-state index contributed by atoms with van der Waals surface area (Å²) in [4.78, 5) is 16.6. The fraction of sp³-hybridized carbons (Fsp3) is 0.633. The van der Waals surface area contributed by atoms with E-state index in [4.69, 9.17) is 31.5 Å². The highest BCUT2D eigenvalue weighted by Crippen LogP contribution is 2.50. The third-order valence-electron chi connectivity index (χ3n) is 8.70. The van der Waals surface area contributed by atoms with Gasteiger partial charge in [-0.15, -0.1) is 0 Å². The summed E-state index contributed by atoms with van der Waals surface area (Å²) in [7, 11) is 0. The van der Waals surface area contributed by atoms with Gasteiger partial charge in [0.2, 0.25) is 5.89 Å². The van der Waals surface area contributed by atoms with E-state index < -0.39 is 5.97 Å². The van der Waals surface area contributed by atoms with Gasteiger partial charge in [-0.25, -0.2) is 4.98 Å². The molecule has 1 aliphatic carbocycles. The fourth-order valence-electron chi connectivity index (χ4n) is 6.74. The Labute approximate surface area is 225 Å². The molecular formula is C30H40N2O4S. The number of aromatic nitrogens is 1. The van der Waals surface area contributed by atoms with Crippen molar-refractivity contribution in [3.8, 4) is 0 Å². The second kappa shape index (κ2) is 12.5. The van der Waals surface area contributed by atoms with E-state index in [-0.39, 0.29) is 30.5 Å². The Morgan fingerprint density at radius 2 is 1.84 bits per heavy atom. The highest BCUT2D eigenvalue weighted by atomic mass is 32.1. The predicted octanol–water partition coefficient (Wildman–Crippen LogP) is 6.21. The first-order valence-electron chi connectivity index (χ1n) is 14.3. The lowest BCUT2D eigenvalue weighted by molar-refractivity contribution is -0.136. The van der Waals surface area contributed by atoms with Crippen LogP contribution in [0, 0.1) is 11.8 Å². The molecule has 0 radical (unpaired) electrons. The van der Waals surface area contributed by atoms with Crippen LogP contribution in [0.2, 0.25) is 0 Å². The van der Waals surface area contributed by atoms with Gasteiger partial charge < -0.3 is 19.6 Å². The standard InChI is InChI=1S/C30H40N2O4S/c33-27(34)16-13-21-11-4-5-12-22(21)18-23-25-14-15-26(36-25)28(23)29-32-24(19-35-29)30(37)31-17-7-6-10-20-8-2-1-3-9-20/h4-5,11-12,19-20,23,25-26,28H,1-3,6-10,13-18H2,(H,31,37)(H,33,34)/t23-,25-,26+,28-/m0/s1. The van der Waals surface area contributed by atoms with Gasteiger partial charge >= 0.3 is 5.97 Å². The van der Waals surface area contributed by atoms with E-state index in [1.165, 1.54) is 50.5 Å². The number of aliphatic carboxylic acids is 1. The van der Waals surface area contributed by atoms with E-state index in [9.17, 15) is 4.79 Å². The van der Waals surface area contributed by atoms with E-state index in [1.807, 2.05) is 18.2 Å². The summed E-state index contributed by atoms with van der Waals surface area (Å²) in [6, 6.07) is 8.18. The first-order chi connectivity index (χ1) is 18.1. The molecule has 2 saturated heterocycles. The molecule has 2 N–H and O–H groups in total. The molecule has 1 saturated carbocycles. The summed E-state index contributed by atoms with van der Waals surface area (Å²) in [5, 5.41) is 12.5. The number of carbonyl (C=O) groups is 1. The van der Waals surface area contributed by atoms with Crippen LogP contribution in [0.25, 0.3) is 0 Å². The number of nitrogens with zero attached hydrogens (tertiary/aromatic N) is 1. The van der Waals surface area contributed by atoms with Crippen molar-refractivity contribution >= 4 is 23.2 Å². The highest BCUT2D eigenvalue weighted by molar-refractivity contribution is 7.80. The summed E-state index contributed by atoms with van der Waals surface area (Å²) in [5.74, 6) is 1.24. The zero-order valence-corrected chi connectivity index (χ0v) is 22.5. The molecule has 37 heavy (non-hydrogen) atoms. The maximum atomic E-state index is 11.1. The van der Waals surface area contributed by atoms with Crippen LogP contribution in [-0.4, -0.2) is 39.8 Å². The van der Waals surface area contributed by atoms with Crippen LogP contribution >= 0.6 is 12.2 Å². The van der Waals surface area contributed by atoms with Crippen LogP contribution < -0.4 is 5.32 Å². The summed E-state index contributed by atoms with van der Waals surface area (Å²) in [5.41, 5.74) is 3.01. The van der Waals surface area contributed by atoms with Gasteiger partial charge in [-0.1, -0.05) is 81.4 Å². The molecule has 6 nitrogen and oxygen atoms in total. The number of fused-ring (bicyclic) bond motifs is 2. The number of carboxylic acid groups (broad SMARTS) is 1. The summed E-state index contributed by atoms with van der Waals surface area (Å²) < 4.78 is 12.3. The Kier molecular flexibility index (Phi) is 8.93. The number of thiocarbonyl (C=S) groups is 1. The molecule has 2 aromatic rings. The molecule has 1 aromatic carbocycles. The van der Waals surface area contributed by atoms with Crippen molar-refractivity contribution in [3.63, 3.8) is 0 Å². The number of benzene rings is 1. The van der Waals surface area contributed by atoms with Crippen molar-refractivity contribution in [1.82, 2.24) is 10.3 Å². The maximum absolute atomic E-state index is 11.1. The number of hydrogen-bond donors (Lipinski definition) is 2. The number of carboxylic acids is 1. The smallest absolute Gasteiger partial charge is 0.303 e. The molecule has 2 aliphatic heterocycles. The molecule has 3 heterocycles. The lowest BCUT2D eigenvalue weighted by Crippen LogP contribution is -2.28. The van der Waals surface area contributed by atoms with Crippen LogP contribution in [0.15, 0.2) is 34.9 Å². The molecule has 3 fully saturated rings. The molecule has 1 aromatic heterocycles. The lowest BCUT2D eigenvalue weighted by Gasteiger charge is -2.26. The number of unbranched alkanes of at least 4 members (excludes halogenated alkanes) is 1. The quantitative estimate of drug-likeness (QED) is 0.252. The van der Waals surface area contributed by atoms with Crippen LogP contribution in [0.5, 0.6) is 0 Å². The van der Waals surface area contributed by atoms with E-state index in [2.05, 4.69) is 11.4 Å². The van der Waals surface area contributed by atoms with Gasteiger partial charge in [0.1, 0.15) is 16.9 Å². The minimum absolute atomic E-state index is 0.0957. The number of aryl methyl sites for hydroxylation is 1. The van der Waals surface area contributed by atoms with Crippen molar-refractivity contribution in [1.29, 1.82) is 0 Å². The Balaban J connectivity index is 1.17. The Bertz CT molecular complexity index is 1060. The van der Waals surface area contributed by atoms with Gasteiger partial charge in [-0.2, -0.15) is 0 Å². The Morgan fingerprint density at radius 1 is 1.05 bits per heavy atom. The van der Waals surface area contributed by atoms with Gasteiger partial charge in [0.15, 0.2) is 0 Å². The third kappa shape index (κ3) is 6.61. The molecule has 3 aliphatic rings. The molecular weight excluding hydrogens is 484 g/mol. The number of nitrogens with one attached hydrogen (secondary N) is 1. The molecule has 0 unspecified atom stereocenters. The average Bonchev–Trinajstić information content (AvgIpc) is 3.65. The van der Waals surface area contributed by atoms with Crippen molar-refractivity contribution < 1.29 is 19.1 Å². The Morgan fingerprint density at radius 3 is 2.65 bits per heavy atom. The monoisotopic (exact) mass is 524 g/mol. The lowest BCUT2D eigenvalue weighted by atomic mass is 9.75. The highest BCUT2D eigenvalue weighted by Gasteiger charge is 2.51. The molecule has 0 spiro atoms. The zero-order chi connectivity index (χ0) is 25.6. The largest absolute Gasteiger partial charge is 0.481 e. The van der Waals surface area contributed by atoms with Crippen molar-refractivity contribution in [3.05, 3.63) is 53.2 Å². The van der Waals surface area contributed by atoms with E-state index >= 15 is 0 Å². The van der Waals surface area contributed by atoms with E-state index in [0.717, 1.165) is 49.6 Å². The molecule has 200 valence electrons. The predicted molar refractivity (Wildman–Crippen MR) is 147 cm³/mol. The van der Waals surface area contributed by atoms with Crippen LogP contribution in [0.3, 0.4) is 0 Å². The van der Waals surface area contributed by atoms with Gasteiger partial charge in [-0.3, -0.25) is 4.79 Å². The van der Waals surface area contributed by atoms with Gasteiger partial charge in [0.25, 0.3) is 0 Å². The molecule has 4 atom stereocenters. The summed E-state index contributed by atoms with van der Waals surface area (Å²) in [6.07, 6.45) is 16.4. The number of ether oxygens (including phenoxy) is 1. The second-order valence-corrected chi connectivity index (χ2v) is 11.6. The molecule has 0 amide bonds. The first kappa shape index (κ1) is 26.4. The SMILES string of the molecule is O=C(O)CCc1ccccc1C[C@@H]1[C@H](c2nc(C(=S)NCCCCC3CCCCC3)co2)[C@H]2CC[C@@H]1O2. The second-order valence-electron chi connectivity index (χ2n) is 11.2. The third-order valence-corrected chi connectivity index (χ3v) is 9.05. The first-order valence-corrected chi connectivity index (χ1v) is 14.7. The normalized spacial score (nSPS) is 25.4. The maximum Gasteiger partial charge on any atom is 0.303 e. The topological polar surface area (TPSA) is 84.6 Å². The van der Waals surface area contributed by atoms with Crippen LogP contribution in [-0.2, 0) is 22.4 Å².